The van der Waals surface area contributed by atoms with Crippen LogP contribution < -0.4 is 10.6 Å². The molecule has 24 heavy (non-hydrogen) atoms. The Labute approximate surface area is 139 Å². The molecule has 1 saturated heterocycles. The van der Waals surface area contributed by atoms with Crippen molar-refractivity contribution in [3.63, 3.8) is 0 Å². The summed E-state index contributed by atoms with van der Waals surface area (Å²) in [6.45, 7) is 2.53. The summed E-state index contributed by atoms with van der Waals surface area (Å²) >= 11 is 0. The van der Waals surface area contributed by atoms with E-state index < -0.39 is 4.92 Å². The highest BCUT2D eigenvalue weighted by molar-refractivity contribution is 5.94. The maximum absolute atomic E-state index is 12.4. The van der Waals surface area contributed by atoms with Crippen molar-refractivity contribution in [2.45, 2.75) is 0 Å². The lowest BCUT2D eigenvalue weighted by Gasteiger charge is -2.36. The van der Waals surface area contributed by atoms with E-state index in [0.717, 1.165) is 5.69 Å². The van der Waals surface area contributed by atoms with Crippen molar-refractivity contribution < 1.29 is 9.72 Å². The Hall–Kier alpha value is -3.09. The number of nitro benzene ring substituents is 1. The van der Waals surface area contributed by atoms with Crippen LogP contribution in [0, 0.1) is 10.1 Å². The van der Waals surface area contributed by atoms with Gasteiger partial charge in [0.25, 0.3) is 11.6 Å². The number of piperazine rings is 1. The van der Waals surface area contributed by atoms with Crippen LogP contribution in [0.5, 0.6) is 0 Å². The lowest BCUT2D eigenvalue weighted by Crippen LogP contribution is -2.48. The number of nitrogens with zero attached hydrogens (tertiary/aromatic N) is 3. The van der Waals surface area contributed by atoms with Gasteiger partial charge in [0.1, 0.15) is 5.69 Å². The number of carbonyl (C=O) groups excluding carboxylic acids is 1. The van der Waals surface area contributed by atoms with E-state index >= 15 is 0 Å². The van der Waals surface area contributed by atoms with Crippen molar-refractivity contribution in [1.82, 2.24) is 4.90 Å². The molecule has 0 aliphatic carbocycles. The predicted molar refractivity (Wildman–Crippen MR) is 92.1 cm³/mol. The summed E-state index contributed by atoms with van der Waals surface area (Å²) in [5, 5.41) is 10.8. The van der Waals surface area contributed by atoms with Crippen LogP contribution in [0.2, 0.25) is 0 Å². The van der Waals surface area contributed by atoms with Gasteiger partial charge in [-0.15, -0.1) is 0 Å². The monoisotopic (exact) mass is 326 g/mol. The topological polar surface area (TPSA) is 92.7 Å². The molecule has 7 heteroatoms. The van der Waals surface area contributed by atoms with Crippen LogP contribution in [0.4, 0.5) is 17.1 Å². The minimum Gasteiger partial charge on any atom is -0.393 e. The van der Waals surface area contributed by atoms with E-state index in [4.69, 9.17) is 5.73 Å². The number of nitrogen functional groups attached to an aromatic ring is 1. The van der Waals surface area contributed by atoms with Crippen molar-refractivity contribution in [3.8, 4) is 0 Å². The number of carbonyl (C=O) groups is 1. The van der Waals surface area contributed by atoms with Gasteiger partial charge in [-0.3, -0.25) is 14.9 Å². The van der Waals surface area contributed by atoms with Crippen LogP contribution >= 0.6 is 0 Å². The number of hydrogen-bond acceptors (Lipinski definition) is 5. The Kier molecular flexibility index (Phi) is 4.33. The standard InChI is InChI=1S/C17H18N4O3/c18-15-12-14(6-7-16(15)21(23)24)19-8-10-20(11-9-19)17(22)13-4-2-1-3-5-13/h1-7,12H,8-11,18H2. The third-order valence-corrected chi connectivity index (χ3v) is 4.16. The number of nitro groups is 1. The zero-order chi connectivity index (χ0) is 17.1. The van der Waals surface area contributed by atoms with Crippen LogP contribution in [0.25, 0.3) is 0 Å². The van der Waals surface area contributed by atoms with E-state index in [1.807, 2.05) is 35.2 Å². The fraction of sp³-hybridized carbons (Fsp3) is 0.235. The maximum Gasteiger partial charge on any atom is 0.292 e. The van der Waals surface area contributed by atoms with Gasteiger partial charge in [0.2, 0.25) is 0 Å². The number of nitrogens with two attached hydrogens (primary N) is 1. The summed E-state index contributed by atoms with van der Waals surface area (Å²) in [6, 6.07) is 13.9. The molecule has 2 N–H and O–H groups in total. The minimum atomic E-state index is -0.490. The van der Waals surface area contributed by atoms with E-state index in [1.165, 1.54) is 6.07 Å². The number of hydrogen-bond donors (Lipinski definition) is 1. The fourth-order valence-corrected chi connectivity index (χ4v) is 2.84. The first kappa shape index (κ1) is 15.8. The fourth-order valence-electron chi connectivity index (χ4n) is 2.84. The molecular weight excluding hydrogens is 308 g/mol. The van der Waals surface area contributed by atoms with Crippen molar-refractivity contribution in [2.24, 2.45) is 0 Å². The summed E-state index contributed by atoms with van der Waals surface area (Å²) in [4.78, 5) is 26.7. The normalized spacial score (nSPS) is 14.5. The smallest absolute Gasteiger partial charge is 0.292 e. The molecule has 1 aliphatic rings. The molecule has 0 spiro atoms. The molecule has 2 aromatic carbocycles. The van der Waals surface area contributed by atoms with Crippen LogP contribution in [-0.2, 0) is 0 Å². The van der Waals surface area contributed by atoms with Crippen molar-refractivity contribution >= 4 is 23.0 Å². The molecule has 2 aromatic rings. The first-order valence-corrected chi connectivity index (χ1v) is 7.69. The number of anilines is 2. The van der Waals surface area contributed by atoms with E-state index in [9.17, 15) is 14.9 Å². The Balaban J connectivity index is 1.66. The second-order valence-electron chi connectivity index (χ2n) is 5.65. The van der Waals surface area contributed by atoms with Gasteiger partial charge in [0.05, 0.1) is 4.92 Å². The van der Waals surface area contributed by atoms with Crippen molar-refractivity contribution in [1.29, 1.82) is 0 Å². The van der Waals surface area contributed by atoms with E-state index in [0.29, 0.717) is 31.7 Å². The SMILES string of the molecule is Nc1cc(N2CCN(C(=O)c3ccccc3)CC2)ccc1[N+](=O)[O-]. The quantitative estimate of drug-likeness (QED) is 0.530. The number of rotatable bonds is 3. The van der Waals surface area contributed by atoms with Crippen molar-refractivity contribution in [3.05, 3.63) is 64.2 Å². The summed E-state index contributed by atoms with van der Waals surface area (Å²) in [5.41, 5.74) is 7.34. The molecule has 0 unspecified atom stereocenters. The van der Waals surface area contributed by atoms with E-state index in [2.05, 4.69) is 4.90 Å². The first-order chi connectivity index (χ1) is 11.6. The molecule has 0 radical (unpaired) electrons. The third kappa shape index (κ3) is 3.15. The first-order valence-electron chi connectivity index (χ1n) is 7.69. The summed E-state index contributed by atoms with van der Waals surface area (Å²) in [5.74, 6) is 0.0264. The van der Waals surface area contributed by atoms with Gasteiger partial charge in [-0.1, -0.05) is 18.2 Å². The van der Waals surface area contributed by atoms with E-state index in [-0.39, 0.29) is 17.3 Å². The molecule has 7 nitrogen and oxygen atoms in total. The molecule has 3 rings (SSSR count). The maximum atomic E-state index is 12.4. The molecule has 0 bridgehead atoms. The highest BCUT2D eigenvalue weighted by Crippen LogP contribution is 2.27. The molecule has 124 valence electrons. The summed E-state index contributed by atoms with van der Waals surface area (Å²) < 4.78 is 0. The minimum absolute atomic E-state index is 0.0264. The third-order valence-electron chi connectivity index (χ3n) is 4.16. The number of benzene rings is 2. The van der Waals surface area contributed by atoms with Gasteiger partial charge in [-0.05, 0) is 24.3 Å². The predicted octanol–water partition coefficient (Wildman–Crippen LogP) is 2.14. The van der Waals surface area contributed by atoms with Crippen LogP contribution in [0.15, 0.2) is 48.5 Å². The Morgan fingerprint density at radius 2 is 1.71 bits per heavy atom. The highest BCUT2D eigenvalue weighted by Gasteiger charge is 2.23. The van der Waals surface area contributed by atoms with Gasteiger partial charge in [-0.2, -0.15) is 0 Å². The molecule has 1 fully saturated rings. The molecule has 1 aliphatic heterocycles. The lowest BCUT2D eigenvalue weighted by molar-refractivity contribution is -0.383. The second kappa shape index (κ2) is 6.57. The zero-order valence-electron chi connectivity index (χ0n) is 13.1. The average Bonchev–Trinajstić information content (AvgIpc) is 2.61. The van der Waals surface area contributed by atoms with E-state index in [1.54, 1.807) is 12.1 Å². The summed E-state index contributed by atoms with van der Waals surface area (Å²) in [6.07, 6.45) is 0. The van der Waals surface area contributed by atoms with Gasteiger partial charge in [0.15, 0.2) is 0 Å². The molecule has 0 aromatic heterocycles. The Morgan fingerprint density at radius 3 is 2.29 bits per heavy atom. The van der Waals surface area contributed by atoms with Crippen LogP contribution in [0.3, 0.4) is 0 Å². The molecule has 0 saturated carbocycles. The Bertz CT molecular complexity index is 756. The largest absolute Gasteiger partial charge is 0.393 e. The van der Waals surface area contributed by atoms with Gasteiger partial charge >= 0.3 is 0 Å². The zero-order valence-corrected chi connectivity index (χ0v) is 13.1. The van der Waals surface area contributed by atoms with Gasteiger partial charge < -0.3 is 15.5 Å². The molecule has 1 heterocycles. The van der Waals surface area contributed by atoms with Crippen molar-refractivity contribution in [2.75, 3.05) is 36.8 Å². The average molecular weight is 326 g/mol. The second-order valence-corrected chi connectivity index (χ2v) is 5.65. The van der Waals surface area contributed by atoms with Crippen LogP contribution in [0.1, 0.15) is 10.4 Å². The van der Waals surface area contributed by atoms with Crippen LogP contribution in [-0.4, -0.2) is 41.9 Å². The molecule has 1 amide bonds. The van der Waals surface area contributed by atoms with Gasteiger partial charge in [-0.25, -0.2) is 0 Å². The Morgan fingerprint density at radius 1 is 1.04 bits per heavy atom. The highest BCUT2D eigenvalue weighted by atomic mass is 16.6. The molecule has 0 atom stereocenters. The van der Waals surface area contributed by atoms with Gasteiger partial charge in [0, 0.05) is 43.5 Å². The molecular formula is C17H18N4O3. The summed E-state index contributed by atoms with van der Waals surface area (Å²) in [7, 11) is 0. The number of amides is 1. The lowest BCUT2D eigenvalue weighted by atomic mass is 10.1.